The third-order valence-corrected chi connectivity index (χ3v) is 5.94. The number of benzene rings is 2. The summed E-state index contributed by atoms with van der Waals surface area (Å²) in [6, 6.07) is 16.6. The smallest absolute Gasteiger partial charge is 0.329 e. The first-order chi connectivity index (χ1) is 15.1. The number of carboxylic acids is 1. The van der Waals surface area contributed by atoms with Crippen molar-refractivity contribution in [2.75, 3.05) is 13.2 Å². The van der Waals surface area contributed by atoms with Gasteiger partial charge in [0.2, 0.25) is 0 Å². The minimum absolute atomic E-state index is 0.224. The normalized spacial score (nSPS) is 18.7. The predicted molar refractivity (Wildman–Crippen MR) is 117 cm³/mol. The van der Waals surface area contributed by atoms with Crippen LogP contribution >= 0.6 is 0 Å². The van der Waals surface area contributed by atoms with E-state index in [9.17, 15) is 9.18 Å². The number of carboxylic acid groups (broad SMARTS) is 1. The zero-order valence-electron chi connectivity index (χ0n) is 17.4. The van der Waals surface area contributed by atoms with Gasteiger partial charge in [-0.25, -0.2) is 9.18 Å². The highest BCUT2D eigenvalue weighted by Gasteiger charge is 2.23. The van der Waals surface area contributed by atoms with Crippen LogP contribution in [0.25, 0.3) is 22.4 Å². The molecule has 6 heteroatoms. The first-order valence-electron chi connectivity index (χ1n) is 10.8. The minimum atomic E-state index is -0.921. The van der Waals surface area contributed by atoms with Gasteiger partial charge in [-0.1, -0.05) is 42.5 Å². The number of nitrogens with zero attached hydrogens (tertiary/aromatic N) is 2. The number of hydrogen-bond acceptors (Lipinski definition) is 3. The number of aromatic nitrogens is 2. The third kappa shape index (κ3) is 5.58. The van der Waals surface area contributed by atoms with Crippen molar-refractivity contribution in [1.82, 2.24) is 9.78 Å². The van der Waals surface area contributed by atoms with Crippen LogP contribution in [-0.2, 0) is 16.1 Å². The van der Waals surface area contributed by atoms with Crippen molar-refractivity contribution in [2.45, 2.75) is 32.2 Å². The zero-order chi connectivity index (χ0) is 21.6. The highest BCUT2D eigenvalue weighted by atomic mass is 19.1. The summed E-state index contributed by atoms with van der Waals surface area (Å²) in [5, 5.41) is 13.6. The Labute approximate surface area is 181 Å². The Bertz CT molecular complexity index is 1010. The molecule has 1 saturated carbocycles. The second-order valence-electron chi connectivity index (χ2n) is 8.29. The van der Waals surface area contributed by atoms with Crippen molar-refractivity contribution in [3.8, 4) is 22.4 Å². The molecule has 4 rings (SSSR count). The van der Waals surface area contributed by atoms with Gasteiger partial charge >= 0.3 is 5.97 Å². The molecule has 0 atom stereocenters. The molecule has 31 heavy (non-hydrogen) atoms. The van der Waals surface area contributed by atoms with Crippen LogP contribution in [0.3, 0.4) is 0 Å². The van der Waals surface area contributed by atoms with E-state index >= 15 is 0 Å². The van der Waals surface area contributed by atoms with E-state index < -0.39 is 5.97 Å². The van der Waals surface area contributed by atoms with Crippen LogP contribution in [0.5, 0.6) is 0 Å². The summed E-state index contributed by atoms with van der Waals surface area (Å²) >= 11 is 0. The molecule has 0 radical (unpaired) electrons. The molecule has 1 N–H and O–H groups in total. The lowest BCUT2D eigenvalue weighted by molar-refractivity contribution is -0.142. The Hall–Kier alpha value is -2.99. The molecule has 1 heterocycles. The molecule has 2 aromatic carbocycles. The molecule has 3 aromatic rings. The number of aliphatic carboxylic acids is 1. The van der Waals surface area contributed by atoms with Crippen LogP contribution in [0.2, 0.25) is 0 Å². The van der Waals surface area contributed by atoms with Crippen molar-refractivity contribution in [3.63, 3.8) is 0 Å². The lowest BCUT2D eigenvalue weighted by atomic mass is 9.82. The summed E-state index contributed by atoms with van der Waals surface area (Å²) in [7, 11) is 0. The van der Waals surface area contributed by atoms with Gasteiger partial charge in [-0.05, 0) is 55.2 Å². The number of rotatable bonds is 8. The van der Waals surface area contributed by atoms with Gasteiger partial charge in [0.05, 0.1) is 6.61 Å². The first-order valence-corrected chi connectivity index (χ1v) is 10.8. The van der Waals surface area contributed by atoms with E-state index in [-0.39, 0.29) is 12.4 Å². The summed E-state index contributed by atoms with van der Waals surface area (Å²) in [5.41, 5.74) is 3.63. The minimum Gasteiger partial charge on any atom is -0.480 e. The van der Waals surface area contributed by atoms with E-state index in [2.05, 4.69) is 0 Å². The molecular formula is C25H27FN2O3. The fraction of sp³-hybridized carbons (Fsp3) is 0.360. The van der Waals surface area contributed by atoms with Crippen LogP contribution in [0.15, 0.2) is 60.8 Å². The van der Waals surface area contributed by atoms with E-state index in [1.807, 2.05) is 47.3 Å². The highest BCUT2D eigenvalue weighted by molar-refractivity contribution is 5.80. The number of hydrogen-bond donors (Lipinski definition) is 1. The predicted octanol–water partition coefficient (Wildman–Crippen LogP) is 5.26. The van der Waals surface area contributed by atoms with Gasteiger partial charge < -0.3 is 9.84 Å². The molecule has 0 aliphatic heterocycles. The summed E-state index contributed by atoms with van der Waals surface area (Å²) in [6.45, 7) is 1.11. The molecule has 162 valence electrons. The summed E-state index contributed by atoms with van der Waals surface area (Å²) in [5.74, 6) is -0.237. The van der Waals surface area contributed by atoms with Crippen molar-refractivity contribution in [1.29, 1.82) is 0 Å². The molecule has 0 bridgehead atoms. The maximum absolute atomic E-state index is 13.9. The molecule has 1 aliphatic rings. The van der Waals surface area contributed by atoms with Crippen LogP contribution in [-0.4, -0.2) is 34.1 Å². The molecular weight excluding hydrogens is 395 g/mol. The van der Waals surface area contributed by atoms with E-state index in [0.29, 0.717) is 18.4 Å². The Morgan fingerprint density at radius 3 is 2.45 bits per heavy atom. The van der Waals surface area contributed by atoms with Crippen molar-refractivity contribution in [3.05, 3.63) is 66.6 Å². The monoisotopic (exact) mass is 422 g/mol. The van der Waals surface area contributed by atoms with Crippen molar-refractivity contribution in [2.24, 2.45) is 11.8 Å². The molecule has 1 aromatic heterocycles. The van der Waals surface area contributed by atoms with Crippen LogP contribution in [0.1, 0.15) is 25.7 Å². The standard InChI is InChI=1S/C25H27FN2O3/c26-22-8-4-7-21(13-22)23-15-28(27-25(23)20-5-2-1-3-6-20)14-18-9-11-19(12-10-18)16-31-17-24(29)30/h1-8,13,15,18-19H,9-12,14,16-17H2,(H,29,30). The Kier molecular flexibility index (Phi) is 6.77. The van der Waals surface area contributed by atoms with Gasteiger partial charge in [0.15, 0.2) is 0 Å². The average Bonchev–Trinajstić information content (AvgIpc) is 3.19. The number of ether oxygens (including phenoxy) is 1. The average molecular weight is 423 g/mol. The number of carbonyl (C=O) groups is 1. The number of halogens is 1. The van der Waals surface area contributed by atoms with Crippen molar-refractivity contribution >= 4 is 5.97 Å². The quantitative estimate of drug-likeness (QED) is 0.538. The van der Waals surface area contributed by atoms with Crippen LogP contribution in [0.4, 0.5) is 4.39 Å². The topological polar surface area (TPSA) is 64.3 Å². The van der Waals surface area contributed by atoms with Crippen LogP contribution in [0, 0.1) is 17.7 Å². The van der Waals surface area contributed by atoms with Gasteiger partial charge in [-0.2, -0.15) is 5.10 Å². The Balaban J connectivity index is 1.47. The van der Waals surface area contributed by atoms with E-state index in [0.717, 1.165) is 54.6 Å². The second-order valence-corrected chi connectivity index (χ2v) is 8.29. The summed E-state index contributed by atoms with van der Waals surface area (Å²) < 4.78 is 21.1. The zero-order valence-corrected chi connectivity index (χ0v) is 17.4. The maximum atomic E-state index is 13.9. The fourth-order valence-corrected chi connectivity index (χ4v) is 4.35. The first kappa shape index (κ1) is 21.2. The molecule has 5 nitrogen and oxygen atoms in total. The van der Waals surface area contributed by atoms with Gasteiger partial charge in [0, 0.05) is 23.9 Å². The Morgan fingerprint density at radius 1 is 1.03 bits per heavy atom. The maximum Gasteiger partial charge on any atom is 0.329 e. The molecule has 0 saturated heterocycles. The molecule has 1 aliphatic carbocycles. The summed E-state index contributed by atoms with van der Waals surface area (Å²) in [4.78, 5) is 10.6. The van der Waals surface area contributed by atoms with E-state index in [1.54, 1.807) is 12.1 Å². The van der Waals surface area contributed by atoms with E-state index in [4.69, 9.17) is 14.9 Å². The molecule has 0 amide bonds. The van der Waals surface area contributed by atoms with Gasteiger partial charge in [-0.15, -0.1) is 0 Å². The molecule has 0 unspecified atom stereocenters. The van der Waals surface area contributed by atoms with Gasteiger partial charge in [-0.3, -0.25) is 4.68 Å². The Morgan fingerprint density at radius 2 is 1.74 bits per heavy atom. The summed E-state index contributed by atoms with van der Waals surface area (Å²) in [6.07, 6.45) is 6.23. The van der Waals surface area contributed by atoms with Gasteiger partial charge in [0.25, 0.3) is 0 Å². The molecule has 1 fully saturated rings. The fourth-order valence-electron chi connectivity index (χ4n) is 4.35. The molecule has 0 spiro atoms. The highest BCUT2D eigenvalue weighted by Crippen LogP contribution is 2.34. The lowest BCUT2D eigenvalue weighted by Gasteiger charge is -2.28. The van der Waals surface area contributed by atoms with Crippen molar-refractivity contribution < 1.29 is 19.0 Å². The largest absolute Gasteiger partial charge is 0.480 e. The lowest BCUT2D eigenvalue weighted by Crippen LogP contribution is -2.23. The van der Waals surface area contributed by atoms with Crippen LogP contribution < -0.4 is 0 Å². The second kappa shape index (κ2) is 9.88. The van der Waals surface area contributed by atoms with Gasteiger partial charge in [0.1, 0.15) is 18.1 Å². The third-order valence-electron chi connectivity index (χ3n) is 5.94. The SMILES string of the molecule is O=C(O)COCC1CCC(Cn2cc(-c3cccc(F)c3)c(-c3ccccc3)n2)CC1. The van der Waals surface area contributed by atoms with E-state index in [1.165, 1.54) is 6.07 Å².